The summed E-state index contributed by atoms with van der Waals surface area (Å²) in [6, 6.07) is 3.90. The number of nitrogens with one attached hydrogen (secondary N) is 1. The summed E-state index contributed by atoms with van der Waals surface area (Å²) < 4.78 is 7.18. The molecule has 0 bridgehead atoms. The molecule has 1 heterocycles. The molecule has 0 aliphatic carbocycles. The number of amides is 2. The Bertz CT molecular complexity index is 503. The largest absolute Gasteiger partial charge is 0.495 e. The van der Waals surface area contributed by atoms with Gasteiger partial charge in [0.2, 0.25) is 0 Å². The Morgan fingerprint density at radius 1 is 1.35 bits per heavy atom. The van der Waals surface area contributed by atoms with Crippen LogP contribution in [-0.4, -0.2) is 37.2 Å². The third-order valence-electron chi connectivity index (χ3n) is 3.41. The van der Waals surface area contributed by atoms with Crippen molar-refractivity contribution in [3.05, 3.63) is 21.1 Å². The number of halogens is 2. The Hall–Kier alpha value is -0.950. The number of primary amides is 1. The Morgan fingerprint density at radius 3 is 2.55 bits per heavy atom. The third kappa shape index (κ3) is 3.58. The highest BCUT2D eigenvalue weighted by Crippen LogP contribution is 2.35. The lowest BCUT2D eigenvalue weighted by Gasteiger charge is -2.32. The summed E-state index contributed by atoms with van der Waals surface area (Å²) in [7, 11) is 1.64. The van der Waals surface area contributed by atoms with Crippen molar-refractivity contribution in [2.45, 2.75) is 18.9 Å². The van der Waals surface area contributed by atoms with Gasteiger partial charge < -0.3 is 20.7 Å². The van der Waals surface area contributed by atoms with Gasteiger partial charge in [-0.25, -0.2) is 4.79 Å². The Balaban J connectivity index is 2.02. The van der Waals surface area contributed by atoms with Gasteiger partial charge in [-0.1, -0.05) is 0 Å². The summed E-state index contributed by atoms with van der Waals surface area (Å²) in [5, 5.41) is 3.48. The van der Waals surface area contributed by atoms with Gasteiger partial charge in [-0.2, -0.15) is 0 Å². The fourth-order valence-corrected chi connectivity index (χ4v) is 3.53. The number of hydrogen-bond donors (Lipinski definition) is 2. The van der Waals surface area contributed by atoms with E-state index >= 15 is 0 Å². The Kier molecular flexibility index (Phi) is 5.15. The molecule has 5 nitrogen and oxygen atoms in total. The summed E-state index contributed by atoms with van der Waals surface area (Å²) in [5.41, 5.74) is 6.27. The minimum Gasteiger partial charge on any atom is -0.495 e. The van der Waals surface area contributed by atoms with Gasteiger partial charge in [0.15, 0.2) is 0 Å². The maximum absolute atomic E-state index is 11.1. The summed E-state index contributed by atoms with van der Waals surface area (Å²) in [4.78, 5) is 12.8. The van der Waals surface area contributed by atoms with E-state index in [1.54, 1.807) is 12.0 Å². The van der Waals surface area contributed by atoms with Crippen LogP contribution in [0.25, 0.3) is 0 Å². The zero-order chi connectivity index (χ0) is 14.7. The smallest absolute Gasteiger partial charge is 0.314 e. The fraction of sp³-hybridized carbons (Fsp3) is 0.462. The second-order valence-electron chi connectivity index (χ2n) is 4.71. The maximum Gasteiger partial charge on any atom is 0.314 e. The van der Waals surface area contributed by atoms with Crippen LogP contribution in [-0.2, 0) is 0 Å². The predicted molar refractivity (Wildman–Crippen MR) is 86.2 cm³/mol. The molecule has 1 aromatic carbocycles. The molecular weight excluding hydrogens is 390 g/mol. The lowest BCUT2D eigenvalue weighted by Crippen LogP contribution is -2.44. The van der Waals surface area contributed by atoms with Crippen LogP contribution in [0.4, 0.5) is 10.5 Å². The number of nitrogens with two attached hydrogens (primary N) is 1. The molecule has 0 aromatic heterocycles. The number of anilines is 1. The predicted octanol–water partition coefficient (Wildman–Crippen LogP) is 3.18. The second kappa shape index (κ2) is 6.67. The monoisotopic (exact) mass is 405 g/mol. The zero-order valence-electron chi connectivity index (χ0n) is 11.2. The minimum absolute atomic E-state index is 0.327. The lowest BCUT2D eigenvalue weighted by atomic mass is 10.0. The molecule has 1 aliphatic rings. The number of ether oxygens (including phenoxy) is 1. The molecule has 2 rings (SSSR count). The van der Waals surface area contributed by atoms with E-state index in [-0.39, 0.29) is 6.03 Å². The van der Waals surface area contributed by atoms with Crippen LogP contribution in [0.5, 0.6) is 5.75 Å². The number of hydrogen-bond acceptors (Lipinski definition) is 3. The average molecular weight is 407 g/mol. The number of carbonyl (C=O) groups excluding carboxylic acids is 1. The molecule has 1 aromatic rings. The second-order valence-corrected chi connectivity index (χ2v) is 6.42. The first-order valence-corrected chi connectivity index (χ1v) is 7.94. The van der Waals surface area contributed by atoms with Crippen molar-refractivity contribution in [2.75, 3.05) is 25.5 Å². The first-order chi connectivity index (χ1) is 9.51. The van der Waals surface area contributed by atoms with Crippen LogP contribution in [0.1, 0.15) is 12.8 Å². The number of benzene rings is 1. The lowest BCUT2D eigenvalue weighted by molar-refractivity contribution is 0.193. The molecule has 0 saturated carbocycles. The average Bonchev–Trinajstić information content (AvgIpc) is 2.42. The van der Waals surface area contributed by atoms with Crippen molar-refractivity contribution in [3.8, 4) is 5.75 Å². The molecule has 7 heteroatoms. The van der Waals surface area contributed by atoms with Gasteiger partial charge in [0.1, 0.15) is 5.75 Å². The first kappa shape index (κ1) is 15.4. The molecule has 0 spiro atoms. The molecule has 0 radical (unpaired) electrons. The SMILES string of the molecule is COc1cc(NC2CCN(C(N)=O)CC2)c(Br)cc1Br. The van der Waals surface area contributed by atoms with Gasteiger partial charge in [0, 0.05) is 29.7 Å². The molecule has 2 amide bonds. The highest BCUT2D eigenvalue weighted by molar-refractivity contribution is 9.11. The summed E-state index contributed by atoms with van der Waals surface area (Å²) in [6.07, 6.45) is 1.77. The number of piperidine rings is 1. The van der Waals surface area contributed by atoms with E-state index in [1.807, 2.05) is 12.1 Å². The summed E-state index contributed by atoms with van der Waals surface area (Å²) >= 11 is 6.99. The maximum atomic E-state index is 11.1. The fourth-order valence-electron chi connectivity index (χ4n) is 2.26. The van der Waals surface area contributed by atoms with Crippen LogP contribution in [0.2, 0.25) is 0 Å². The van der Waals surface area contributed by atoms with Gasteiger partial charge >= 0.3 is 6.03 Å². The molecule has 110 valence electrons. The minimum atomic E-state index is -0.338. The van der Waals surface area contributed by atoms with E-state index < -0.39 is 0 Å². The molecule has 0 atom stereocenters. The van der Waals surface area contributed by atoms with Crippen LogP contribution in [0.15, 0.2) is 21.1 Å². The Labute approximate surface area is 135 Å². The molecule has 20 heavy (non-hydrogen) atoms. The molecular formula is C13H17Br2N3O2. The standard InChI is InChI=1S/C13H17Br2N3O2/c1-20-12-7-11(9(14)6-10(12)15)17-8-2-4-18(5-3-8)13(16)19/h6-8,17H,2-5H2,1H3,(H2,16,19). The van der Waals surface area contributed by atoms with E-state index in [9.17, 15) is 4.79 Å². The van der Waals surface area contributed by atoms with Gasteiger partial charge in [0.25, 0.3) is 0 Å². The summed E-state index contributed by atoms with van der Waals surface area (Å²) in [6.45, 7) is 1.39. The molecule has 1 saturated heterocycles. The van der Waals surface area contributed by atoms with E-state index in [2.05, 4.69) is 37.2 Å². The van der Waals surface area contributed by atoms with Gasteiger partial charge in [-0.05, 0) is 50.8 Å². The molecule has 3 N–H and O–H groups in total. The number of rotatable bonds is 3. The Morgan fingerprint density at radius 2 is 2.00 bits per heavy atom. The number of carbonyl (C=O) groups is 1. The van der Waals surface area contributed by atoms with E-state index in [1.165, 1.54) is 0 Å². The van der Waals surface area contributed by atoms with Crippen LogP contribution >= 0.6 is 31.9 Å². The van der Waals surface area contributed by atoms with E-state index in [0.717, 1.165) is 33.2 Å². The number of methoxy groups -OCH3 is 1. The normalized spacial score (nSPS) is 16.1. The quantitative estimate of drug-likeness (QED) is 0.809. The molecule has 0 unspecified atom stereocenters. The van der Waals surface area contributed by atoms with Gasteiger partial charge in [-0.15, -0.1) is 0 Å². The van der Waals surface area contributed by atoms with Crippen LogP contribution in [0.3, 0.4) is 0 Å². The van der Waals surface area contributed by atoms with E-state index in [4.69, 9.17) is 10.5 Å². The topological polar surface area (TPSA) is 67.6 Å². The highest BCUT2D eigenvalue weighted by atomic mass is 79.9. The molecule has 1 aliphatic heterocycles. The van der Waals surface area contributed by atoms with Gasteiger partial charge in [-0.3, -0.25) is 0 Å². The van der Waals surface area contributed by atoms with Gasteiger partial charge in [0.05, 0.1) is 17.3 Å². The van der Waals surface area contributed by atoms with Crippen molar-refractivity contribution in [1.82, 2.24) is 4.90 Å². The molecule has 1 fully saturated rings. The van der Waals surface area contributed by atoms with Crippen molar-refractivity contribution >= 4 is 43.6 Å². The first-order valence-electron chi connectivity index (χ1n) is 6.35. The van der Waals surface area contributed by atoms with E-state index in [0.29, 0.717) is 19.1 Å². The zero-order valence-corrected chi connectivity index (χ0v) is 14.3. The van der Waals surface area contributed by atoms with Crippen LogP contribution < -0.4 is 15.8 Å². The highest BCUT2D eigenvalue weighted by Gasteiger charge is 2.21. The van der Waals surface area contributed by atoms with Crippen LogP contribution in [0, 0.1) is 0 Å². The number of urea groups is 1. The van der Waals surface area contributed by atoms with Crippen molar-refractivity contribution < 1.29 is 9.53 Å². The number of likely N-dealkylation sites (tertiary alicyclic amines) is 1. The van der Waals surface area contributed by atoms with Crippen molar-refractivity contribution in [2.24, 2.45) is 5.73 Å². The third-order valence-corrected chi connectivity index (χ3v) is 4.68. The number of nitrogens with zero attached hydrogens (tertiary/aromatic N) is 1. The van der Waals surface area contributed by atoms with Crippen molar-refractivity contribution in [3.63, 3.8) is 0 Å². The summed E-state index contributed by atoms with van der Waals surface area (Å²) in [5.74, 6) is 0.783. The van der Waals surface area contributed by atoms with Crippen molar-refractivity contribution in [1.29, 1.82) is 0 Å².